The smallest absolute Gasteiger partial charge is 0.245 e. The van der Waals surface area contributed by atoms with Crippen molar-refractivity contribution in [1.29, 1.82) is 0 Å². The number of halogens is 1. The topological polar surface area (TPSA) is 84.2 Å². The van der Waals surface area contributed by atoms with Crippen LogP contribution in [0.3, 0.4) is 0 Å². The maximum atomic E-state index is 12.2. The van der Waals surface area contributed by atoms with Crippen molar-refractivity contribution >= 4 is 26.0 Å². The third-order valence-corrected chi connectivity index (χ3v) is 4.79. The zero-order valence-electron chi connectivity index (χ0n) is 10.8. The molecule has 0 radical (unpaired) electrons. The van der Waals surface area contributed by atoms with Crippen LogP contribution in [0.2, 0.25) is 0 Å². The van der Waals surface area contributed by atoms with E-state index in [2.05, 4.69) is 31.0 Å². The predicted octanol–water partition coefficient (Wildman–Crippen LogP) is 1.63. The maximum absolute atomic E-state index is 12.2. The Morgan fingerprint density at radius 2 is 2.20 bits per heavy atom. The molecule has 2 aromatic rings. The van der Waals surface area contributed by atoms with Gasteiger partial charge in [0.05, 0.1) is 6.54 Å². The Morgan fingerprint density at radius 3 is 2.85 bits per heavy atom. The average molecular weight is 360 g/mol. The van der Waals surface area contributed by atoms with Crippen molar-refractivity contribution in [2.75, 3.05) is 7.05 Å². The molecular formula is C12H14BrN3O3S. The number of aromatic nitrogens is 1. The van der Waals surface area contributed by atoms with Crippen molar-refractivity contribution in [3.8, 4) is 0 Å². The minimum absolute atomic E-state index is 0.0895. The molecule has 0 aliphatic heterocycles. The number of pyridine rings is 1. The largest absolute Gasteiger partial charge is 0.452 e. The highest BCUT2D eigenvalue weighted by molar-refractivity contribution is 9.10. The minimum atomic E-state index is -3.63. The molecule has 0 atom stereocenters. The Kier molecular flexibility index (Phi) is 4.92. The standard InChI is InChI=1S/C12H14BrN3O3S/c1-14-8-10-5-11(12(13)19-10)20(17,18)16-7-9-3-2-4-15-6-9/h2-6,14,16H,7-8H2,1H3. The van der Waals surface area contributed by atoms with Crippen LogP contribution in [-0.4, -0.2) is 20.4 Å². The van der Waals surface area contributed by atoms with Gasteiger partial charge in [-0.25, -0.2) is 13.1 Å². The van der Waals surface area contributed by atoms with Crippen LogP contribution in [0.4, 0.5) is 0 Å². The summed E-state index contributed by atoms with van der Waals surface area (Å²) in [5, 5.41) is 2.90. The first kappa shape index (κ1) is 15.2. The monoisotopic (exact) mass is 359 g/mol. The van der Waals surface area contributed by atoms with E-state index in [1.165, 1.54) is 6.07 Å². The highest BCUT2D eigenvalue weighted by atomic mass is 79.9. The molecule has 0 aromatic carbocycles. The zero-order valence-corrected chi connectivity index (χ0v) is 13.2. The molecule has 0 aliphatic rings. The van der Waals surface area contributed by atoms with E-state index in [-0.39, 0.29) is 16.1 Å². The Morgan fingerprint density at radius 1 is 1.40 bits per heavy atom. The van der Waals surface area contributed by atoms with Gasteiger partial charge in [-0.2, -0.15) is 0 Å². The first-order valence-electron chi connectivity index (χ1n) is 5.84. The SMILES string of the molecule is CNCc1cc(S(=O)(=O)NCc2cccnc2)c(Br)o1. The number of sulfonamides is 1. The van der Waals surface area contributed by atoms with E-state index in [0.717, 1.165) is 5.56 Å². The Balaban J connectivity index is 2.14. The lowest BCUT2D eigenvalue weighted by molar-refractivity contribution is 0.470. The summed E-state index contributed by atoms with van der Waals surface area (Å²) in [6, 6.07) is 5.04. The Hall–Kier alpha value is -1.22. The van der Waals surface area contributed by atoms with E-state index in [1.807, 2.05) is 0 Å². The Labute approximate surface area is 125 Å². The summed E-state index contributed by atoms with van der Waals surface area (Å²) in [6.45, 7) is 0.631. The lowest BCUT2D eigenvalue weighted by Crippen LogP contribution is -2.23. The predicted molar refractivity (Wildman–Crippen MR) is 77.4 cm³/mol. The van der Waals surface area contributed by atoms with Crippen LogP contribution in [0.25, 0.3) is 0 Å². The number of rotatable bonds is 6. The molecule has 0 amide bonds. The second-order valence-corrected chi connectivity index (χ2v) is 6.52. The van der Waals surface area contributed by atoms with Crippen LogP contribution in [-0.2, 0) is 23.1 Å². The van der Waals surface area contributed by atoms with Gasteiger partial charge >= 0.3 is 0 Å². The van der Waals surface area contributed by atoms with Crippen molar-refractivity contribution in [3.05, 3.63) is 46.6 Å². The van der Waals surface area contributed by atoms with Crippen LogP contribution in [0, 0.1) is 0 Å². The van der Waals surface area contributed by atoms with Crippen LogP contribution >= 0.6 is 15.9 Å². The van der Waals surface area contributed by atoms with Gasteiger partial charge < -0.3 is 9.73 Å². The lowest BCUT2D eigenvalue weighted by atomic mass is 10.3. The van der Waals surface area contributed by atoms with Crippen molar-refractivity contribution in [2.45, 2.75) is 18.0 Å². The molecule has 2 N–H and O–H groups in total. The first-order valence-corrected chi connectivity index (χ1v) is 8.12. The van der Waals surface area contributed by atoms with Gasteiger partial charge in [0.2, 0.25) is 10.0 Å². The van der Waals surface area contributed by atoms with E-state index in [4.69, 9.17) is 4.42 Å². The summed E-state index contributed by atoms with van der Waals surface area (Å²) in [4.78, 5) is 4.02. The number of furan rings is 1. The molecule has 0 fully saturated rings. The Bertz CT molecular complexity index is 671. The zero-order chi connectivity index (χ0) is 14.6. The maximum Gasteiger partial charge on any atom is 0.245 e. The highest BCUT2D eigenvalue weighted by Crippen LogP contribution is 2.26. The van der Waals surface area contributed by atoms with Crippen LogP contribution < -0.4 is 10.0 Å². The molecule has 108 valence electrons. The summed E-state index contributed by atoms with van der Waals surface area (Å²) >= 11 is 3.12. The molecular weight excluding hydrogens is 346 g/mol. The average Bonchev–Trinajstić information content (AvgIpc) is 2.80. The molecule has 0 aliphatic carbocycles. The van der Waals surface area contributed by atoms with E-state index in [0.29, 0.717) is 12.3 Å². The van der Waals surface area contributed by atoms with Crippen molar-refractivity contribution in [2.24, 2.45) is 0 Å². The third kappa shape index (κ3) is 3.66. The van der Waals surface area contributed by atoms with Crippen LogP contribution in [0.15, 0.2) is 44.6 Å². The fourth-order valence-corrected chi connectivity index (χ4v) is 3.61. The normalized spacial score (nSPS) is 11.7. The van der Waals surface area contributed by atoms with Crippen molar-refractivity contribution in [1.82, 2.24) is 15.0 Å². The first-order chi connectivity index (χ1) is 9.53. The molecule has 0 spiro atoms. The summed E-state index contributed by atoms with van der Waals surface area (Å²) in [6.07, 6.45) is 3.24. The number of hydrogen-bond acceptors (Lipinski definition) is 5. The summed E-state index contributed by atoms with van der Waals surface area (Å²) < 4.78 is 32.4. The summed E-state index contributed by atoms with van der Waals surface area (Å²) in [5.74, 6) is 0.543. The van der Waals surface area contributed by atoms with Gasteiger partial charge in [-0.05, 0) is 34.6 Å². The highest BCUT2D eigenvalue weighted by Gasteiger charge is 2.22. The second kappa shape index (κ2) is 6.49. The van der Waals surface area contributed by atoms with Gasteiger partial charge in [-0.15, -0.1) is 0 Å². The molecule has 8 heteroatoms. The van der Waals surface area contributed by atoms with E-state index in [1.54, 1.807) is 31.6 Å². The number of nitrogens with zero attached hydrogens (tertiary/aromatic N) is 1. The minimum Gasteiger partial charge on any atom is -0.452 e. The fourth-order valence-electron chi connectivity index (χ4n) is 1.60. The van der Waals surface area contributed by atoms with Gasteiger partial charge in [0.1, 0.15) is 10.7 Å². The molecule has 6 nitrogen and oxygen atoms in total. The molecule has 20 heavy (non-hydrogen) atoms. The van der Waals surface area contributed by atoms with Crippen molar-refractivity contribution in [3.63, 3.8) is 0 Å². The lowest BCUT2D eigenvalue weighted by Gasteiger charge is -2.04. The third-order valence-electron chi connectivity index (χ3n) is 2.54. The fraction of sp³-hybridized carbons (Fsp3) is 0.250. The van der Waals surface area contributed by atoms with E-state index >= 15 is 0 Å². The molecule has 0 bridgehead atoms. The summed E-state index contributed by atoms with van der Waals surface area (Å²) in [5.41, 5.74) is 0.783. The quantitative estimate of drug-likeness (QED) is 0.818. The van der Waals surface area contributed by atoms with Crippen LogP contribution in [0.5, 0.6) is 0 Å². The molecule has 0 unspecified atom stereocenters. The van der Waals surface area contributed by atoms with Gasteiger partial charge in [0.15, 0.2) is 4.67 Å². The molecule has 0 saturated heterocycles. The second-order valence-electron chi connectivity index (χ2n) is 4.07. The molecule has 0 saturated carbocycles. The van der Waals surface area contributed by atoms with E-state index < -0.39 is 10.0 Å². The van der Waals surface area contributed by atoms with Gasteiger partial charge in [-0.1, -0.05) is 6.07 Å². The number of hydrogen-bond donors (Lipinski definition) is 2. The molecule has 2 rings (SSSR count). The molecule has 2 aromatic heterocycles. The number of nitrogens with one attached hydrogen (secondary N) is 2. The summed E-state index contributed by atoms with van der Waals surface area (Å²) in [7, 11) is -1.88. The van der Waals surface area contributed by atoms with Crippen molar-refractivity contribution < 1.29 is 12.8 Å². The van der Waals surface area contributed by atoms with Crippen LogP contribution in [0.1, 0.15) is 11.3 Å². The van der Waals surface area contributed by atoms with Gasteiger partial charge in [0.25, 0.3) is 0 Å². The van der Waals surface area contributed by atoms with E-state index in [9.17, 15) is 8.42 Å². The molecule has 2 heterocycles. The van der Waals surface area contributed by atoms with Gasteiger partial charge in [0, 0.05) is 25.0 Å². The van der Waals surface area contributed by atoms with Gasteiger partial charge in [-0.3, -0.25) is 4.98 Å².